The second-order valence-electron chi connectivity index (χ2n) is 7.30. The molecule has 4 rings (SSSR count). The van der Waals surface area contributed by atoms with Crippen molar-refractivity contribution in [2.24, 2.45) is 0 Å². The lowest BCUT2D eigenvalue weighted by molar-refractivity contribution is 0.160. The van der Waals surface area contributed by atoms with Gasteiger partial charge in [0.1, 0.15) is 0 Å². The van der Waals surface area contributed by atoms with Gasteiger partial charge in [0.15, 0.2) is 0 Å². The lowest BCUT2D eigenvalue weighted by Crippen LogP contribution is -2.37. The highest BCUT2D eigenvalue weighted by Crippen LogP contribution is 2.30. The Kier molecular flexibility index (Phi) is 4.85. The summed E-state index contributed by atoms with van der Waals surface area (Å²) in [6.07, 6.45) is 2.18. The van der Waals surface area contributed by atoms with Crippen LogP contribution < -0.4 is 0 Å². The van der Waals surface area contributed by atoms with Crippen molar-refractivity contribution in [2.75, 3.05) is 13.1 Å². The molecular formula is C22H25N3O. The zero-order valence-corrected chi connectivity index (χ0v) is 15.4. The molecule has 0 radical (unpaired) electrons. The Labute approximate surface area is 154 Å². The number of benzene rings is 2. The van der Waals surface area contributed by atoms with Crippen LogP contribution in [-0.4, -0.2) is 34.2 Å². The third-order valence-corrected chi connectivity index (χ3v) is 5.30. The maximum absolute atomic E-state index is 5.59. The van der Waals surface area contributed by atoms with Crippen LogP contribution in [0.3, 0.4) is 0 Å². The zero-order chi connectivity index (χ0) is 17.9. The Bertz CT molecular complexity index is 831. The van der Waals surface area contributed by atoms with Gasteiger partial charge in [-0.2, -0.15) is 4.98 Å². The third kappa shape index (κ3) is 3.56. The fourth-order valence-electron chi connectivity index (χ4n) is 3.62. The van der Waals surface area contributed by atoms with E-state index in [0.717, 1.165) is 37.4 Å². The van der Waals surface area contributed by atoms with Crippen LogP contribution in [0.2, 0.25) is 0 Å². The fourth-order valence-corrected chi connectivity index (χ4v) is 3.62. The second-order valence-corrected chi connectivity index (χ2v) is 7.30. The molecule has 2 aromatic carbocycles. The summed E-state index contributed by atoms with van der Waals surface area (Å²) < 4.78 is 5.59. The van der Waals surface area contributed by atoms with Crippen molar-refractivity contribution in [3.05, 3.63) is 60.5 Å². The van der Waals surface area contributed by atoms with Crippen LogP contribution in [-0.2, 0) is 0 Å². The van der Waals surface area contributed by atoms with E-state index in [1.165, 1.54) is 11.1 Å². The maximum Gasteiger partial charge on any atom is 0.230 e. The highest BCUT2D eigenvalue weighted by molar-refractivity contribution is 5.67. The van der Waals surface area contributed by atoms with E-state index in [9.17, 15) is 0 Å². The Balaban J connectivity index is 1.47. The minimum absolute atomic E-state index is 0.384. The Morgan fingerprint density at radius 3 is 2.15 bits per heavy atom. The number of aromatic nitrogens is 2. The Hall–Kier alpha value is -2.46. The molecule has 1 aliphatic rings. The Morgan fingerprint density at radius 1 is 0.885 bits per heavy atom. The lowest BCUT2D eigenvalue weighted by Gasteiger charge is -2.33. The van der Waals surface area contributed by atoms with E-state index in [0.29, 0.717) is 17.8 Å². The van der Waals surface area contributed by atoms with Gasteiger partial charge in [-0.1, -0.05) is 59.8 Å². The first-order chi connectivity index (χ1) is 12.7. The number of piperidine rings is 1. The van der Waals surface area contributed by atoms with Gasteiger partial charge < -0.3 is 9.42 Å². The molecule has 4 heteroatoms. The van der Waals surface area contributed by atoms with Crippen LogP contribution in [0.4, 0.5) is 0 Å². The van der Waals surface area contributed by atoms with Crippen LogP contribution in [0.5, 0.6) is 0 Å². The first kappa shape index (κ1) is 17.0. The Morgan fingerprint density at radius 2 is 1.50 bits per heavy atom. The van der Waals surface area contributed by atoms with Crippen LogP contribution in [0.15, 0.2) is 59.1 Å². The standard InChI is InChI=1S/C22H25N3O/c1-16(2)25-14-12-20(13-15-25)22-23-21(24-26-22)19-10-8-18(9-11-19)17-6-4-3-5-7-17/h3-11,16,20H,12-15H2,1-2H3. The van der Waals surface area contributed by atoms with Crippen LogP contribution in [0.25, 0.3) is 22.5 Å². The van der Waals surface area contributed by atoms with E-state index >= 15 is 0 Å². The molecule has 1 aromatic heterocycles. The molecule has 0 N–H and O–H groups in total. The SMILES string of the molecule is CC(C)N1CCC(c2nc(-c3ccc(-c4ccccc4)cc3)no2)CC1. The number of rotatable bonds is 4. The number of likely N-dealkylation sites (tertiary alicyclic amines) is 1. The summed E-state index contributed by atoms with van der Waals surface area (Å²) >= 11 is 0. The first-order valence-electron chi connectivity index (χ1n) is 9.44. The van der Waals surface area contributed by atoms with Gasteiger partial charge in [0.25, 0.3) is 0 Å². The molecule has 0 unspecified atom stereocenters. The number of hydrogen-bond donors (Lipinski definition) is 0. The molecule has 0 spiro atoms. The van der Waals surface area contributed by atoms with Gasteiger partial charge in [0, 0.05) is 17.5 Å². The summed E-state index contributed by atoms with van der Waals surface area (Å²) in [6, 6.07) is 19.3. The van der Waals surface area contributed by atoms with Gasteiger partial charge in [-0.25, -0.2) is 0 Å². The molecule has 1 aliphatic heterocycles. The van der Waals surface area contributed by atoms with Gasteiger partial charge in [0.05, 0.1) is 0 Å². The van der Waals surface area contributed by atoms with Crippen molar-refractivity contribution in [3.8, 4) is 22.5 Å². The van der Waals surface area contributed by atoms with E-state index in [1.807, 2.05) is 6.07 Å². The van der Waals surface area contributed by atoms with Crippen molar-refractivity contribution in [2.45, 2.75) is 38.6 Å². The molecule has 134 valence electrons. The lowest BCUT2D eigenvalue weighted by atomic mass is 9.96. The van der Waals surface area contributed by atoms with Crippen LogP contribution in [0.1, 0.15) is 38.5 Å². The molecule has 1 saturated heterocycles. The van der Waals surface area contributed by atoms with E-state index in [4.69, 9.17) is 4.52 Å². The van der Waals surface area contributed by atoms with Gasteiger partial charge in [-0.15, -0.1) is 0 Å². The van der Waals surface area contributed by atoms with Crippen molar-refractivity contribution in [3.63, 3.8) is 0 Å². The maximum atomic E-state index is 5.59. The molecule has 2 heterocycles. The molecule has 0 amide bonds. The van der Waals surface area contributed by atoms with Crippen LogP contribution in [0, 0.1) is 0 Å². The molecule has 4 nitrogen and oxygen atoms in total. The van der Waals surface area contributed by atoms with Crippen molar-refractivity contribution >= 4 is 0 Å². The van der Waals surface area contributed by atoms with Crippen LogP contribution >= 0.6 is 0 Å². The summed E-state index contributed by atoms with van der Waals surface area (Å²) in [7, 11) is 0. The molecule has 26 heavy (non-hydrogen) atoms. The van der Waals surface area contributed by atoms with E-state index in [1.54, 1.807) is 0 Å². The van der Waals surface area contributed by atoms with Crippen molar-refractivity contribution in [1.29, 1.82) is 0 Å². The van der Waals surface area contributed by atoms with E-state index in [2.05, 4.69) is 77.4 Å². The first-order valence-corrected chi connectivity index (χ1v) is 9.44. The van der Waals surface area contributed by atoms with Gasteiger partial charge in [-0.05, 0) is 50.9 Å². The minimum atomic E-state index is 0.384. The normalized spacial score (nSPS) is 16.3. The monoisotopic (exact) mass is 347 g/mol. The fraction of sp³-hybridized carbons (Fsp3) is 0.364. The summed E-state index contributed by atoms with van der Waals surface area (Å²) in [6.45, 7) is 6.71. The summed E-state index contributed by atoms with van der Waals surface area (Å²) in [4.78, 5) is 7.19. The van der Waals surface area contributed by atoms with Crippen molar-refractivity contribution < 1.29 is 4.52 Å². The summed E-state index contributed by atoms with van der Waals surface area (Å²) in [5.74, 6) is 1.86. The predicted molar refractivity (Wildman–Crippen MR) is 104 cm³/mol. The highest BCUT2D eigenvalue weighted by Gasteiger charge is 2.26. The minimum Gasteiger partial charge on any atom is -0.339 e. The topological polar surface area (TPSA) is 42.2 Å². The highest BCUT2D eigenvalue weighted by atomic mass is 16.5. The largest absolute Gasteiger partial charge is 0.339 e. The van der Waals surface area contributed by atoms with Gasteiger partial charge in [0.2, 0.25) is 11.7 Å². The van der Waals surface area contributed by atoms with Gasteiger partial charge in [-0.3, -0.25) is 0 Å². The summed E-state index contributed by atoms with van der Waals surface area (Å²) in [5, 5.41) is 4.22. The predicted octanol–water partition coefficient (Wildman–Crippen LogP) is 4.99. The molecular weight excluding hydrogens is 322 g/mol. The molecule has 0 atom stereocenters. The number of nitrogens with zero attached hydrogens (tertiary/aromatic N) is 3. The quantitative estimate of drug-likeness (QED) is 0.667. The molecule has 3 aromatic rings. The molecule has 0 bridgehead atoms. The number of hydrogen-bond acceptors (Lipinski definition) is 4. The molecule has 0 aliphatic carbocycles. The smallest absolute Gasteiger partial charge is 0.230 e. The summed E-state index contributed by atoms with van der Waals surface area (Å²) in [5.41, 5.74) is 3.41. The molecule has 1 fully saturated rings. The third-order valence-electron chi connectivity index (χ3n) is 5.30. The average Bonchev–Trinajstić information content (AvgIpc) is 3.19. The molecule has 0 saturated carbocycles. The zero-order valence-electron chi connectivity index (χ0n) is 15.4. The second kappa shape index (κ2) is 7.42. The van der Waals surface area contributed by atoms with E-state index in [-0.39, 0.29) is 0 Å². The van der Waals surface area contributed by atoms with Gasteiger partial charge >= 0.3 is 0 Å². The van der Waals surface area contributed by atoms with Crippen molar-refractivity contribution in [1.82, 2.24) is 15.0 Å². The average molecular weight is 347 g/mol. The van der Waals surface area contributed by atoms with E-state index < -0.39 is 0 Å².